The number of thiazole rings is 1. The minimum atomic E-state index is -1.95. The van der Waals surface area contributed by atoms with E-state index in [0.29, 0.717) is 16.3 Å². The molecular formula is C57H53N9O10S3. The van der Waals surface area contributed by atoms with Crippen molar-refractivity contribution in [3.63, 3.8) is 0 Å². The summed E-state index contributed by atoms with van der Waals surface area (Å²) in [5.41, 5.74) is 0.0791. The predicted molar refractivity (Wildman–Crippen MR) is 300 cm³/mol. The molecule has 2 aliphatic rings. The van der Waals surface area contributed by atoms with Crippen LogP contribution in [0.25, 0.3) is 0 Å². The number of benzene rings is 5. The largest absolute Gasteiger partial charge is 0.448 e. The number of carbonyl (C=O) groups excluding carboxylic acids is 4. The number of H-pyrrole nitrogens is 1. The Morgan fingerprint density at radius 2 is 1.41 bits per heavy atom. The summed E-state index contributed by atoms with van der Waals surface area (Å²) in [4.78, 5) is 92.7. The van der Waals surface area contributed by atoms with Crippen LogP contribution in [0.3, 0.4) is 0 Å². The number of nitrogens with zero attached hydrogens (tertiary/aromatic N) is 5. The van der Waals surface area contributed by atoms with E-state index in [1.807, 2.05) is 103 Å². The third-order valence-corrected chi connectivity index (χ3v) is 15.7. The molecule has 0 radical (unpaired) electrons. The lowest BCUT2D eigenvalue weighted by Crippen LogP contribution is -2.74. The maximum Gasteiger partial charge on any atom is 0.407 e. The van der Waals surface area contributed by atoms with Gasteiger partial charge in [0.2, 0.25) is 0 Å². The lowest BCUT2D eigenvalue weighted by molar-refractivity contribution is -0.154. The van der Waals surface area contributed by atoms with Gasteiger partial charge in [0.25, 0.3) is 11.8 Å². The van der Waals surface area contributed by atoms with Gasteiger partial charge in [0.05, 0.1) is 16.6 Å². The van der Waals surface area contributed by atoms with Gasteiger partial charge in [-0.3, -0.25) is 32.9 Å². The predicted octanol–water partition coefficient (Wildman–Crippen LogP) is 6.98. The summed E-state index contributed by atoms with van der Waals surface area (Å²) in [5, 5.41) is 21.5. The number of rotatable bonds is 19. The average molecular weight is 1120 g/mol. The van der Waals surface area contributed by atoms with Gasteiger partial charge in [-0.25, -0.2) is 19.7 Å². The van der Waals surface area contributed by atoms with Crippen molar-refractivity contribution in [2.45, 2.75) is 61.1 Å². The second kappa shape index (κ2) is 24.3. The lowest BCUT2D eigenvalue weighted by atomic mass is 9.77. The third-order valence-electron chi connectivity index (χ3n) is 12.5. The Labute approximate surface area is 464 Å². The molecule has 4 N–H and O–H groups in total. The van der Waals surface area contributed by atoms with Gasteiger partial charge in [0, 0.05) is 18.5 Å². The number of oxime groups is 1. The van der Waals surface area contributed by atoms with Crippen molar-refractivity contribution in [3.05, 3.63) is 234 Å². The third kappa shape index (κ3) is 12.2. The fraction of sp³-hybridized carbons (Fsp3) is 0.211. The Balaban J connectivity index is 1.01. The van der Waals surface area contributed by atoms with Crippen LogP contribution in [0.4, 0.5) is 9.93 Å². The first-order valence-electron chi connectivity index (χ1n) is 24.7. The number of alkyl carbamates (subject to hydrolysis) is 1. The summed E-state index contributed by atoms with van der Waals surface area (Å²) in [6.07, 6.45) is -0.239. The first-order valence-corrected chi connectivity index (χ1v) is 27.9. The molecule has 19 nitrogen and oxygen atoms in total. The smallest absolute Gasteiger partial charge is 0.407 e. The van der Waals surface area contributed by atoms with Crippen LogP contribution in [-0.4, -0.2) is 94.9 Å². The summed E-state index contributed by atoms with van der Waals surface area (Å²) in [6.45, 7) is 4.83. The van der Waals surface area contributed by atoms with Crippen molar-refractivity contribution in [2.75, 3.05) is 24.7 Å². The second-order valence-electron chi connectivity index (χ2n) is 18.8. The van der Waals surface area contributed by atoms with E-state index in [1.165, 1.54) is 29.9 Å². The SMILES string of the molecule is CON=C(C(=O)NC1C(=O)N2C(C(=O)OC(c3ccccc3)c3ccccc3)=C(C=CSc3n[nH]c(=O)c(=O)n3CCNC(=O)OC(C)(C)C)CS(=O)C12)c1csc(NC(c2ccccc2)(c2ccccc2)c2ccccc2)n1. The molecule has 3 unspecified atom stereocenters. The average Bonchev–Trinajstić information content (AvgIpc) is 4.04. The van der Waals surface area contributed by atoms with Gasteiger partial charge >= 0.3 is 23.2 Å². The molecule has 22 heteroatoms. The van der Waals surface area contributed by atoms with Crippen molar-refractivity contribution in [1.82, 2.24) is 35.3 Å². The van der Waals surface area contributed by atoms with E-state index in [1.54, 1.807) is 74.7 Å². The van der Waals surface area contributed by atoms with Crippen LogP contribution in [-0.2, 0) is 51.6 Å². The molecule has 1 fully saturated rings. The van der Waals surface area contributed by atoms with Crippen LogP contribution in [0.1, 0.15) is 60.4 Å². The fourth-order valence-corrected chi connectivity index (χ4v) is 12.2. The number of ether oxygens (including phenoxy) is 2. The Hall–Kier alpha value is -8.73. The summed E-state index contributed by atoms with van der Waals surface area (Å²) < 4.78 is 27.1. The number of carbonyl (C=O) groups is 4. The summed E-state index contributed by atoms with van der Waals surface area (Å²) in [7, 11) is -0.683. The van der Waals surface area contributed by atoms with E-state index in [-0.39, 0.29) is 46.7 Å². The van der Waals surface area contributed by atoms with Crippen molar-refractivity contribution < 1.29 is 37.7 Å². The van der Waals surface area contributed by atoms with Crippen LogP contribution in [0.15, 0.2) is 200 Å². The summed E-state index contributed by atoms with van der Waals surface area (Å²) in [5.74, 6) is -2.85. The first kappa shape index (κ1) is 55.0. The highest BCUT2D eigenvalue weighted by molar-refractivity contribution is 8.02. The van der Waals surface area contributed by atoms with Crippen LogP contribution in [0.5, 0.6) is 0 Å². The van der Waals surface area contributed by atoms with Gasteiger partial charge in [-0.05, 0) is 65.6 Å². The fourth-order valence-electron chi connectivity index (χ4n) is 9.02. The highest BCUT2D eigenvalue weighted by Crippen LogP contribution is 2.42. The molecule has 5 aromatic carbocycles. The minimum absolute atomic E-state index is 0.00171. The number of aromatic amines is 1. The molecule has 0 aliphatic carbocycles. The zero-order chi connectivity index (χ0) is 55.7. The zero-order valence-electron chi connectivity index (χ0n) is 43.1. The molecule has 9 rings (SSSR count). The molecule has 0 spiro atoms. The van der Waals surface area contributed by atoms with Gasteiger partial charge < -0.3 is 30.3 Å². The van der Waals surface area contributed by atoms with Gasteiger partial charge in [0.1, 0.15) is 41.1 Å². The number of anilines is 1. The zero-order valence-corrected chi connectivity index (χ0v) is 45.5. The molecule has 1 saturated heterocycles. The monoisotopic (exact) mass is 1120 g/mol. The number of thioether (sulfide) groups is 1. The molecule has 3 amide bonds. The van der Waals surface area contributed by atoms with E-state index in [9.17, 15) is 33.0 Å². The Morgan fingerprint density at radius 1 is 0.848 bits per heavy atom. The number of hydrogen-bond donors (Lipinski definition) is 4. The molecule has 404 valence electrons. The van der Waals surface area contributed by atoms with E-state index >= 15 is 0 Å². The maximum absolute atomic E-state index is 14.8. The van der Waals surface area contributed by atoms with Crippen LogP contribution in [0.2, 0.25) is 0 Å². The molecule has 7 aromatic rings. The molecule has 0 saturated carbocycles. The molecule has 2 aliphatic heterocycles. The van der Waals surface area contributed by atoms with E-state index in [2.05, 4.69) is 31.3 Å². The Bertz CT molecular complexity index is 3450. The molecular weight excluding hydrogens is 1070 g/mol. The molecule has 3 atom stereocenters. The number of amides is 3. The molecule has 4 heterocycles. The number of hydrogen-bond acceptors (Lipinski definition) is 16. The second-order valence-corrected chi connectivity index (χ2v) is 22.1. The maximum atomic E-state index is 14.8. The molecule has 2 aromatic heterocycles. The van der Waals surface area contributed by atoms with Crippen molar-refractivity contribution in [3.8, 4) is 0 Å². The number of allylic oxidation sites excluding steroid dienone is 1. The van der Waals surface area contributed by atoms with Gasteiger partial charge in [-0.2, -0.15) is 0 Å². The highest BCUT2D eigenvalue weighted by atomic mass is 32.2. The normalized spacial score (nSPS) is 16.5. The van der Waals surface area contributed by atoms with E-state index < -0.39 is 74.5 Å². The Morgan fingerprint density at radius 3 is 1.95 bits per heavy atom. The van der Waals surface area contributed by atoms with Crippen LogP contribution >= 0.6 is 23.1 Å². The quantitative estimate of drug-likeness (QED) is 0.0122. The van der Waals surface area contributed by atoms with E-state index in [0.717, 1.165) is 37.9 Å². The minimum Gasteiger partial charge on any atom is -0.448 e. The Kier molecular flexibility index (Phi) is 16.9. The lowest BCUT2D eigenvalue weighted by Gasteiger charge is -2.49. The van der Waals surface area contributed by atoms with Crippen LogP contribution in [0, 0.1) is 0 Å². The number of aromatic nitrogens is 4. The first-order chi connectivity index (χ1) is 38.2. The van der Waals surface area contributed by atoms with Crippen molar-refractivity contribution in [1.29, 1.82) is 0 Å². The highest BCUT2D eigenvalue weighted by Gasteiger charge is 2.57. The number of fused-ring (bicyclic) bond motifs is 1. The number of esters is 1. The summed E-state index contributed by atoms with van der Waals surface area (Å²) in [6, 6.07) is 46.3. The van der Waals surface area contributed by atoms with Gasteiger partial charge in [-0.15, -0.1) is 16.4 Å². The van der Waals surface area contributed by atoms with E-state index in [4.69, 9.17) is 19.3 Å². The molecule has 0 bridgehead atoms. The number of β-lactam (4-membered cyclic amide) rings is 1. The standard InChI is InChI=1S/C57H53N9O10S3/c1-56(2,3)76-55(72)58-31-32-65-50(70)48(68)62-63-54(65)77-33-30-38-35-79(73)51-44(49(69)66(51)45(38)52(71)75-46(36-20-10-5-11-21-36)37-22-12-6-13-23-37)60-47(67)43(64-74-4)42-34-78-53(59-42)61-57(39-24-14-7-15-25-39,40-26-16-8-17-27-40)41-28-18-9-19-29-41/h5-30,33-34,44,46,51H,31-32,35H2,1-4H3,(H,58,72)(H,59,61)(H,60,67)(H,62,68). The van der Waals surface area contributed by atoms with Crippen molar-refractivity contribution in [2.24, 2.45) is 5.16 Å². The number of nitrogens with one attached hydrogen (secondary N) is 4. The van der Waals surface area contributed by atoms with Gasteiger partial charge in [0.15, 0.2) is 22.1 Å². The molecule has 79 heavy (non-hydrogen) atoms. The van der Waals surface area contributed by atoms with Crippen LogP contribution < -0.4 is 27.1 Å². The summed E-state index contributed by atoms with van der Waals surface area (Å²) >= 11 is 2.09. The topological polar surface area (TPSA) is 245 Å². The van der Waals surface area contributed by atoms with Crippen molar-refractivity contribution >= 4 is 68.6 Å². The van der Waals surface area contributed by atoms with Gasteiger partial charge in [-0.1, -0.05) is 169 Å².